The maximum Gasteiger partial charge on any atom is 0.338 e. The van der Waals surface area contributed by atoms with E-state index in [9.17, 15) is 13.6 Å². The first kappa shape index (κ1) is 11.6. The number of aliphatic hydroxyl groups is 1. The summed E-state index contributed by atoms with van der Waals surface area (Å²) in [7, 11) is 0. The zero-order chi connectivity index (χ0) is 11.3. The highest BCUT2D eigenvalue weighted by atomic mass is 19.2. The van der Waals surface area contributed by atoms with E-state index in [1.165, 1.54) is 0 Å². The second-order valence-corrected chi connectivity index (χ2v) is 2.84. The highest BCUT2D eigenvalue weighted by Gasteiger charge is 2.10. The van der Waals surface area contributed by atoms with E-state index in [1.54, 1.807) is 0 Å². The van der Waals surface area contributed by atoms with Crippen LogP contribution < -0.4 is 0 Å². The summed E-state index contributed by atoms with van der Waals surface area (Å²) in [6.07, 6.45) is 0.315. The number of esters is 1. The Morgan fingerprint density at radius 3 is 2.67 bits per heavy atom. The molecule has 1 aromatic carbocycles. The van der Waals surface area contributed by atoms with E-state index in [-0.39, 0.29) is 18.8 Å². The van der Waals surface area contributed by atoms with Crippen LogP contribution in [-0.2, 0) is 4.74 Å². The summed E-state index contributed by atoms with van der Waals surface area (Å²) < 4.78 is 29.9. The Kier molecular flexibility index (Phi) is 4.17. The van der Waals surface area contributed by atoms with Crippen LogP contribution in [0.4, 0.5) is 8.78 Å². The lowest BCUT2D eigenvalue weighted by atomic mass is 10.2. The van der Waals surface area contributed by atoms with Crippen LogP contribution in [-0.4, -0.2) is 24.3 Å². The predicted octanol–water partition coefficient (Wildman–Crippen LogP) is 1.50. The number of carbonyl (C=O) groups excluding carboxylic acids is 1. The van der Waals surface area contributed by atoms with E-state index in [1.807, 2.05) is 0 Å². The Morgan fingerprint density at radius 1 is 1.33 bits per heavy atom. The highest BCUT2D eigenvalue weighted by molar-refractivity contribution is 5.89. The quantitative estimate of drug-likeness (QED) is 0.612. The Balaban J connectivity index is 2.62. The number of rotatable bonds is 4. The lowest BCUT2D eigenvalue weighted by Gasteiger charge is -2.03. The largest absolute Gasteiger partial charge is 0.462 e. The van der Waals surface area contributed by atoms with Crippen LogP contribution in [0.1, 0.15) is 16.8 Å². The van der Waals surface area contributed by atoms with Crippen LogP contribution in [0, 0.1) is 11.6 Å². The van der Waals surface area contributed by atoms with Crippen LogP contribution in [0.2, 0.25) is 0 Å². The molecule has 15 heavy (non-hydrogen) atoms. The summed E-state index contributed by atoms with van der Waals surface area (Å²) in [5.74, 6) is -2.84. The van der Waals surface area contributed by atoms with Gasteiger partial charge in [0.1, 0.15) is 0 Å². The second kappa shape index (κ2) is 5.41. The number of hydrogen-bond acceptors (Lipinski definition) is 3. The first-order valence-electron chi connectivity index (χ1n) is 4.38. The molecule has 3 nitrogen and oxygen atoms in total. The molecule has 0 radical (unpaired) electrons. The number of benzene rings is 1. The van der Waals surface area contributed by atoms with Crippen LogP contribution in [0.15, 0.2) is 18.2 Å². The average Bonchev–Trinajstić information content (AvgIpc) is 2.22. The molecule has 0 saturated carbocycles. The van der Waals surface area contributed by atoms with Gasteiger partial charge in [0.25, 0.3) is 0 Å². The van der Waals surface area contributed by atoms with Crippen molar-refractivity contribution < 1.29 is 23.4 Å². The van der Waals surface area contributed by atoms with Crippen molar-refractivity contribution in [1.82, 2.24) is 0 Å². The van der Waals surface area contributed by atoms with Crippen molar-refractivity contribution in [2.24, 2.45) is 0 Å². The van der Waals surface area contributed by atoms with Gasteiger partial charge in [0.15, 0.2) is 11.6 Å². The SMILES string of the molecule is O=C(OCCCO)c1ccc(F)c(F)c1. The van der Waals surface area contributed by atoms with Crippen molar-refractivity contribution in [2.75, 3.05) is 13.2 Å². The molecule has 0 heterocycles. The Morgan fingerprint density at radius 2 is 2.07 bits per heavy atom. The van der Waals surface area contributed by atoms with Gasteiger partial charge in [0.2, 0.25) is 0 Å². The molecule has 0 unspecified atom stereocenters. The summed E-state index contributed by atoms with van der Waals surface area (Å²) in [5.41, 5.74) is -0.0492. The van der Waals surface area contributed by atoms with Crippen LogP contribution in [0.5, 0.6) is 0 Å². The molecule has 0 spiro atoms. The average molecular weight is 216 g/mol. The molecule has 0 bridgehead atoms. The smallest absolute Gasteiger partial charge is 0.338 e. The van der Waals surface area contributed by atoms with E-state index in [2.05, 4.69) is 4.74 Å². The lowest BCUT2D eigenvalue weighted by Crippen LogP contribution is -2.08. The lowest BCUT2D eigenvalue weighted by molar-refractivity contribution is 0.0481. The summed E-state index contributed by atoms with van der Waals surface area (Å²) >= 11 is 0. The molecule has 0 aliphatic heterocycles. The van der Waals surface area contributed by atoms with Gasteiger partial charge in [-0.2, -0.15) is 0 Å². The van der Waals surface area contributed by atoms with Gasteiger partial charge in [0.05, 0.1) is 12.2 Å². The zero-order valence-electron chi connectivity index (χ0n) is 7.87. The molecule has 5 heteroatoms. The normalized spacial score (nSPS) is 10.1. The molecule has 82 valence electrons. The summed E-state index contributed by atoms with van der Waals surface area (Å²) in [5, 5.41) is 8.43. The minimum absolute atomic E-state index is 0.0492. The minimum atomic E-state index is -1.09. The van der Waals surface area contributed by atoms with Crippen LogP contribution in [0.3, 0.4) is 0 Å². The standard InChI is InChI=1S/C10H10F2O3/c11-8-3-2-7(6-9(8)12)10(14)15-5-1-4-13/h2-3,6,13H,1,4-5H2. The predicted molar refractivity (Wildman–Crippen MR) is 48.3 cm³/mol. The topological polar surface area (TPSA) is 46.5 Å². The van der Waals surface area contributed by atoms with E-state index in [0.29, 0.717) is 6.42 Å². The second-order valence-electron chi connectivity index (χ2n) is 2.84. The van der Waals surface area contributed by atoms with Crippen molar-refractivity contribution in [3.8, 4) is 0 Å². The van der Waals surface area contributed by atoms with E-state index >= 15 is 0 Å². The van der Waals surface area contributed by atoms with Crippen molar-refractivity contribution in [3.63, 3.8) is 0 Å². The van der Waals surface area contributed by atoms with Gasteiger partial charge in [-0.1, -0.05) is 0 Å². The van der Waals surface area contributed by atoms with Crippen molar-refractivity contribution in [2.45, 2.75) is 6.42 Å². The van der Waals surface area contributed by atoms with Crippen molar-refractivity contribution in [3.05, 3.63) is 35.4 Å². The van der Waals surface area contributed by atoms with Gasteiger partial charge < -0.3 is 9.84 Å². The van der Waals surface area contributed by atoms with E-state index in [4.69, 9.17) is 5.11 Å². The van der Waals surface area contributed by atoms with Gasteiger partial charge in [0, 0.05) is 13.0 Å². The number of aliphatic hydroxyl groups excluding tert-OH is 1. The Labute approximate surface area is 85.3 Å². The third kappa shape index (κ3) is 3.28. The van der Waals surface area contributed by atoms with Crippen molar-refractivity contribution in [1.29, 1.82) is 0 Å². The first-order valence-corrected chi connectivity index (χ1v) is 4.38. The molecule has 1 rings (SSSR count). The molecule has 0 atom stereocenters. The molecular formula is C10H10F2O3. The fourth-order valence-corrected chi connectivity index (χ4v) is 0.936. The number of hydrogen-bond donors (Lipinski definition) is 1. The van der Waals surface area contributed by atoms with Gasteiger partial charge in [-0.15, -0.1) is 0 Å². The fourth-order valence-electron chi connectivity index (χ4n) is 0.936. The van der Waals surface area contributed by atoms with Gasteiger partial charge in [-0.25, -0.2) is 13.6 Å². The number of ether oxygens (including phenoxy) is 1. The number of halogens is 2. The molecular weight excluding hydrogens is 206 g/mol. The van der Waals surface area contributed by atoms with Crippen LogP contribution >= 0.6 is 0 Å². The van der Waals surface area contributed by atoms with Gasteiger partial charge in [-0.05, 0) is 18.2 Å². The molecule has 0 fully saturated rings. The molecule has 0 amide bonds. The molecule has 0 saturated heterocycles. The minimum Gasteiger partial charge on any atom is -0.462 e. The van der Waals surface area contributed by atoms with Crippen LogP contribution in [0.25, 0.3) is 0 Å². The molecule has 0 aliphatic carbocycles. The molecule has 0 aliphatic rings. The monoisotopic (exact) mass is 216 g/mol. The van der Waals surface area contributed by atoms with Gasteiger partial charge in [-0.3, -0.25) is 0 Å². The Hall–Kier alpha value is -1.49. The fraction of sp³-hybridized carbons (Fsp3) is 0.300. The number of carbonyl (C=O) groups is 1. The third-order valence-corrected chi connectivity index (χ3v) is 1.69. The van der Waals surface area contributed by atoms with E-state index in [0.717, 1.165) is 18.2 Å². The molecule has 1 aromatic rings. The first-order chi connectivity index (χ1) is 7.15. The Bertz CT molecular complexity index is 353. The molecule has 0 aromatic heterocycles. The van der Waals surface area contributed by atoms with Gasteiger partial charge >= 0.3 is 5.97 Å². The third-order valence-electron chi connectivity index (χ3n) is 1.69. The summed E-state index contributed by atoms with van der Waals surface area (Å²) in [6, 6.07) is 2.77. The maximum absolute atomic E-state index is 12.7. The van der Waals surface area contributed by atoms with E-state index < -0.39 is 17.6 Å². The zero-order valence-corrected chi connectivity index (χ0v) is 7.87. The van der Waals surface area contributed by atoms with Crippen molar-refractivity contribution >= 4 is 5.97 Å². The maximum atomic E-state index is 12.7. The summed E-state index contributed by atoms with van der Waals surface area (Å²) in [6.45, 7) is -0.0423. The summed E-state index contributed by atoms with van der Waals surface area (Å²) in [4.78, 5) is 11.2. The molecule has 1 N–H and O–H groups in total. The highest BCUT2D eigenvalue weighted by Crippen LogP contribution is 2.09.